The predicted molar refractivity (Wildman–Crippen MR) is 133 cm³/mol. The number of nitrogens with one attached hydrogen (secondary N) is 1. The minimum absolute atomic E-state index is 0.00128. The fourth-order valence-electron chi connectivity index (χ4n) is 3.52. The average molecular weight is 579 g/mol. The monoisotopic (exact) mass is 578 g/mol. The van der Waals surface area contributed by atoms with Gasteiger partial charge in [0.2, 0.25) is 4.77 Å². The minimum Gasteiger partial charge on any atom is -0.462 e. The Morgan fingerprint density at radius 1 is 1.34 bits per heavy atom. The number of alkyl halides is 2. The number of ether oxygens (including phenoxy) is 2. The topological polar surface area (TPSA) is 167 Å². The second-order valence-corrected chi connectivity index (χ2v) is 10.9. The molecule has 0 aliphatic carbocycles. The summed E-state index contributed by atoms with van der Waals surface area (Å²) in [5.41, 5.74) is 2.71. The largest absolute Gasteiger partial charge is 0.462 e. The van der Waals surface area contributed by atoms with Crippen molar-refractivity contribution < 1.29 is 46.9 Å². The van der Waals surface area contributed by atoms with Crippen LogP contribution in [0.15, 0.2) is 42.6 Å². The number of nitrogens with two attached hydrogens (primary N) is 1. The molecule has 1 aliphatic rings. The maximum absolute atomic E-state index is 16.0. The van der Waals surface area contributed by atoms with Crippen LogP contribution in [0.25, 0.3) is 0 Å². The van der Waals surface area contributed by atoms with Gasteiger partial charge in [-0.3, -0.25) is 13.9 Å². The van der Waals surface area contributed by atoms with Gasteiger partial charge < -0.3 is 29.9 Å². The van der Waals surface area contributed by atoms with E-state index in [-0.39, 0.29) is 16.3 Å². The molecule has 6 atom stereocenters. The Bertz CT molecular complexity index is 1240. The zero-order valence-electron chi connectivity index (χ0n) is 20.7. The summed E-state index contributed by atoms with van der Waals surface area (Å²) in [7, 11) is -4.59. The zero-order valence-corrected chi connectivity index (χ0v) is 22.4. The number of hydrogen-bond donors (Lipinski definition) is 4. The van der Waals surface area contributed by atoms with Gasteiger partial charge in [-0.1, -0.05) is 18.2 Å². The number of carbonyl (C=O) groups excluding carboxylic acids is 1. The number of esters is 1. The third-order valence-corrected chi connectivity index (χ3v) is 7.32. The lowest BCUT2D eigenvalue weighted by Gasteiger charge is -2.29. The summed E-state index contributed by atoms with van der Waals surface area (Å²) in [6.45, 7) is 1.54. The predicted octanol–water partition coefficient (Wildman–Crippen LogP) is 2.58. The highest BCUT2D eigenvalue weighted by Gasteiger charge is 2.66. The van der Waals surface area contributed by atoms with Crippen LogP contribution in [0.3, 0.4) is 0 Å². The third-order valence-electron chi connectivity index (χ3n) is 5.39. The Labute approximate surface area is 222 Å². The van der Waals surface area contributed by atoms with E-state index in [0.717, 1.165) is 4.57 Å². The maximum atomic E-state index is 16.0. The molecule has 0 saturated carbocycles. The van der Waals surface area contributed by atoms with Crippen molar-refractivity contribution in [1.29, 1.82) is 0 Å². The third kappa shape index (κ3) is 6.54. The van der Waals surface area contributed by atoms with Crippen molar-refractivity contribution in [1.82, 2.24) is 14.6 Å². The van der Waals surface area contributed by atoms with Gasteiger partial charge in [0.05, 0.1) is 6.10 Å². The fraction of sp³-hybridized carbons (Fsp3) is 0.500. The molecule has 0 spiro atoms. The van der Waals surface area contributed by atoms with Crippen LogP contribution < -0.4 is 15.3 Å². The van der Waals surface area contributed by atoms with Gasteiger partial charge in [0.1, 0.15) is 30.9 Å². The van der Waals surface area contributed by atoms with Crippen molar-refractivity contribution in [3.63, 3.8) is 0 Å². The summed E-state index contributed by atoms with van der Waals surface area (Å²) in [5.74, 6) is -4.09. The molecular formula is C22H29F2N4O8PS. The first-order chi connectivity index (χ1) is 17.7. The molecule has 5 N–H and O–H groups in total. The average Bonchev–Trinajstić information content (AvgIpc) is 3.05. The number of para-hydroxylation sites is 1. The van der Waals surface area contributed by atoms with Crippen molar-refractivity contribution in [3.8, 4) is 5.75 Å². The number of benzene rings is 1. The first kappa shape index (κ1) is 30.0. The van der Waals surface area contributed by atoms with E-state index in [0.29, 0.717) is 0 Å². The van der Waals surface area contributed by atoms with Crippen LogP contribution in [0.1, 0.15) is 27.0 Å². The molecule has 1 aromatic heterocycles. The Morgan fingerprint density at radius 3 is 2.58 bits per heavy atom. The van der Waals surface area contributed by atoms with Crippen molar-refractivity contribution in [3.05, 3.63) is 47.4 Å². The Kier molecular flexibility index (Phi) is 9.24. The Hall–Kier alpha value is -2.52. The van der Waals surface area contributed by atoms with Gasteiger partial charge in [-0.05, 0) is 51.2 Å². The van der Waals surface area contributed by atoms with Crippen molar-refractivity contribution in [2.75, 3.05) is 19.0 Å². The van der Waals surface area contributed by atoms with E-state index in [1.165, 1.54) is 31.3 Å². The second kappa shape index (κ2) is 11.7. The van der Waals surface area contributed by atoms with E-state index >= 15 is 4.39 Å². The van der Waals surface area contributed by atoms with Crippen LogP contribution in [-0.2, 0) is 23.4 Å². The Balaban J connectivity index is 1.88. The van der Waals surface area contributed by atoms with Crippen LogP contribution >= 0.6 is 20.0 Å². The number of aliphatic hydroxyl groups is 2. The number of carbonyl (C=O) groups is 1. The van der Waals surface area contributed by atoms with Crippen LogP contribution in [0, 0.1) is 4.77 Å². The smallest absolute Gasteiger partial charge is 0.459 e. The van der Waals surface area contributed by atoms with Gasteiger partial charge >= 0.3 is 13.7 Å². The van der Waals surface area contributed by atoms with Crippen molar-refractivity contribution in [2.45, 2.75) is 56.7 Å². The number of nitrogen functional groups attached to an aromatic ring is 1. The maximum Gasteiger partial charge on any atom is 0.459 e. The number of nitrogens with zero attached hydrogens (tertiary/aromatic N) is 2. The molecular weight excluding hydrogens is 549 g/mol. The van der Waals surface area contributed by atoms with E-state index in [2.05, 4.69) is 10.1 Å². The summed E-state index contributed by atoms with van der Waals surface area (Å²) in [6, 6.07) is 7.63. The summed E-state index contributed by atoms with van der Waals surface area (Å²) >= 11 is 5.04. The lowest BCUT2D eigenvalue weighted by atomic mass is 9.94. The molecule has 1 saturated heterocycles. The lowest BCUT2D eigenvalue weighted by molar-refractivity contribution is -0.203. The molecule has 2 heterocycles. The standard InChI is InChI=1S/C22H29F2N4O8PS/c1-13(2)34-17(29)14(3)27-37(32,36-15-7-5-4-6-8-15)33-12-22(24)18(30)21(31,11-23)19(35-22)28-10-9-16(25)26-20(28)38/h4-10,13-14,18-19,30-31H,11-12H2,1-3H3,(H,27,32)(H2,25,26,38)/t14-,18?,19+,21+,22+,37?/m0/s1. The molecule has 3 rings (SSSR count). The van der Waals surface area contributed by atoms with Crippen LogP contribution in [0.5, 0.6) is 5.75 Å². The van der Waals surface area contributed by atoms with Gasteiger partial charge in [0.15, 0.2) is 17.9 Å². The van der Waals surface area contributed by atoms with Gasteiger partial charge in [0.25, 0.3) is 5.85 Å². The van der Waals surface area contributed by atoms with Gasteiger partial charge in [-0.2, -0.15) is 5.09 Å². The van der Waals surface area contributed by atoms with Crippen LogP contribution in [0.2, 0.25) is 0 Å². The first-order valence-corrected chi connectivity index (χ1v) is 13.3. The molecule has 1 aromatic carbocycles. The summed E-state index contributed by atoms with van der Waals surface area (Å²) in [6.07, 6.45) is -3.76. The van der Waals surface area contributed by atoms with Crippen LogP contribution in [0.4, 0.5) is 14.6 Å². The number of anilines is 1. The quantitative estimate of drug-likeness (QED) is 0.175. The van der Waals surface area contributed by atoms with E-state index in [1.54, 1.807) is 32.0 Å². The lowest BCUT2D eigenvalue weighted by Crippen LogP contribution is -2.52. The van der Waals surface area contributed by atoms with Gasteiger partial charge in [-0.25, -0.2) is 18.3 Å². The second-order valence-electron chi connectivity index (χ2n) is 8.84. The molecule has 2 aromatic rings. The molecule has 16 heteroatoms. The highest BCUT2D eigenvalue weighted by molar-refractivity contribution is 7.71. The zero-order chi connectivity index (χ0) is 28.3. The first-order valence-electron chi connectivity index (χ1n) is 11.4. The normalized spacial score (nSPS) is 27.6. The number of hydrogen-bond acceptors (Lipinski definition) is 11. The van der Waals surface area contributed by atoms with Gasteiger partial charge in [0, 0.05) is 6.20 Å². The number of aromatic nitrogens is 2. The number of aliphatic hydroxyl groups excluding tert-OH is 1. The van der Waals surface area contributed by atoms with Gasteiger partial charge in [-0.15, -0.1) is 0 Å². The molecule has 2 unspecified atom stereocenters. The highest BCUT2D eigenvalue weighted by atomic mass is 32.1. The SMILES string of the molecule is CC(C)OC(=O)[C@H](C)NP(=O)(OC[C@@]1(F)O[C@@H](n2ccc(N)nc2=S)[C@@](O)(CF)C1O)Oc1ccccc1. The van der Waals surface area contributed by atoms with E-state index in [9.17, 15) is 24.0 Å². The van der Waals surface area contributed by atoms with E-state index in [4.69, 9.17) is 36.5 Å². The van der Waals surface area contributed by atoms with Crippen LogP contribution in [-0.4, -0.2) is 68.7 Å². The fourth-order valence-corrected chi connectivity index (χ4v) is 5.29. The molecule has 38 heavy (non-hydrogen) atoms. The van der Waals surface area contributed by atoms with Crippen molar-refractivity contribution >= 4 is 31.8 Å². The molecule has 0 amide bonds. The summed E-state index contributed by atoms with van der Waals surface area (Å²) in [5, 5.41) is 23.8. The molecule has 0 radical (unpaired) electrons. The molecule has 1 fully saturated rings. The molecule has 12 nitrogen and oxygen atoms in total. The Morgan fingerprint density at radius 2 is 2.00 bits per heavy atom. The van der Waals surface area contributed by atoms with Crippen molar-refractivity contribution in [2.24, 2.45) is 0 Å². The summed E-state index contributed by atoms with van der Waals surface area (Å²) < 4.78 is 65.1. The minimum atomic E-state index is -4.59. The van der Waals surface area contributed by atoms with E-state index in [1.807, 2.05) is 0 Å². The number of halogens is 2. The summed E-state index contributed by atoms with van der Waals surface area (Å²) in [4.78, 5) is 16.1. The molecule has 1 aliphatic heterocycles. The molecule has 0 bridgehead atoms. The molecule has 210 valence electrons. The highest BCUT2D eigenvalue weighted by Crippen LogP contribution is 2.50. The number of rotatable bonds is 11. The van der Waals surface area contributed by atoms with E-state index < -0.39 is 62.9 Å².